The van der Waals surface area contributed by atoms with E-state index in [1.807, 2.05) is 30.3 Å². The van der Waals surface area contributed by atoms with Gasteiger partial charge in [-0.15, -0.1) is 0 Å². The van der Waals surface area contributed by atoms with Gasteiger partial charge in [-0.3, -0.25) is 4.79 Å². The van der Waals surface area contributed by atoms with Gasteiger partial charge >= 0.3 is 0 Å². The number of hydrogen-bond donors (Lipinski definition) is 2. The predicted molar refractivity (Wildman–Crippen MR) is 109 cm³/mol. The number of hydrogen-bond acceptors (Lipinski definition) is 3. The smallest absolute Gasteiger partial charge is 0.251 e. The summed E-state index contributed by atoms with van der Waals surface area (Å²) in [4.78, 5) is 16.9. The van der Waals surface area contributed by atoms with Crippen LogP contribution in [-0.4, -0.2) is 10.9 Å². The Labute approximate surface area is 167 Å². The van der Waals surface area contributed by atoms with Gasteiger partial charge in [0.25, 0.3) is 5.91 Å². The van der Waals surface area contributed by atoms with Crippen LogP contribution in [0.25, 0.3) is 11.3 Å². The second-order valence-corrected chi connectivity index (χ2v) is 7.53. The lowest BCUT2D eigenvalue weighted by Gasteiger charge is -2.18. The average molecular weight is 398 g/mol. The van der Waals surface area contributed by atoms with Crippen LogP contribution in [0.5, 0.6) is 0 Å². The number of amides is 1. The van der Waals surface area contributed by atoms with Crippen molar-refractivity contribution < 1.29 is 4.79 Å². The van der Waals surface area contributed by atoms with Gasteiger partial charge in [-0.2, -0.15) is 0 Å². The summed E-state index contributed by atoms with van der Waals surface area (Å²) >= 11 is 11.8. The molecule has 4 nitrogen and oxygen atoms in total. The maximum atomic E-state index is 12.6. The Morgan fingerprint density at radius 2 is 1.63 bits per heavy atom. The molecule has 1 heterocycles. The number of anilines is 1. The van der Waals surface area contributed by atoms with Crippen LogP contribution in [0.4, 0.5) is 5.82 Å². The summed E-state index contributed by atoms with van der Waals surface area (Å²) in [6.07, 6.45) is 1.83. The molecule has 0 unspecified atom stereocenters. The number of benzene rings is 2. The molecule has 0 spiro atoms. The highest BCUT2D eigenvalue weighted by Gasteiger charge is 2.45. The molecule has 1 fully saturated rings. The van der Waals surface area contributed by atoms with Crippen LogP contribution in [0.15, 0.2) is 60.7 Å². The molecular formula is C21H17Cl2N3O. The molecule has 1 aromatic heterocycles. The van der Waals surface area contributed by atoms with Gasteiger partial charge < -0.3 is 11.1 Å². The number of rotatable bonds is 4. The summed E-state index contributed by atoms with van der Waals surface area (Å²) in [6.45, 7) is 0. The highest BCUT2D eigenvalue weighted by atomic mass is 35.5. The Bertz CT molecular complexity index is 997. The van der Waals surface area contributed by atoms with Crippen LogP contribution in [0.1, 0.15) is 28.8 Å². The lowest BCUT2D eigenvalue weighted by molar-refractivity contribution is 0.0931. The molecule has 4 rings (SSSR count). The fraction of sp³-hybridized carbons (Fsp3) is 0.143. The number of carbonyl (C=O) groups is 1. The normalized spacial score (nSPS) is 14.6. The largest absolute Gasteiger partial charge is 0.382 e. The Kier molecular flexibility index (Phi) is 4.54. The van der Waals surface area contributed by atoms with Crippen LogP contribution in [0.2, 0.25) is 10.0 Å². The lowest BCUT2D eigenvalue weighted by atomic mass is 10.0. The minimum absolute atomic E-state index is 0.0969. The number of nitrogen functional groups attached to an aromatic ring is 1. The maximum absolute atomic E-state index is 12.6. The van der Waals surface area contributed by atoms with Crippen molar-refractivity contribution in [2.24, 2.45) is 0 Å². The van der Waals surface area contributed by atoms with Crippen molar-refractivity contribution >= 4 is 34.9 Å². The van der Waals surface area contributed by atoms with Crippen molar-refractivity contribution in [3.8, 4) is 11.3 Å². The molecule has 0 aliphatic heterocycles. The first-order valence-electron chi connectivity index (χ1n) is 8.58. The molecule has 1 aliphatic carbocycles. The minimum atomic E-state index is -0.304. The van der Waals surface area contributed by atoms with E-state index in [0.29, 0.717) is 21.4 Å². The van der Waals surface area contributed by atoms with Gasteiger partial charge in [0, 0.05) is 16.1 Å². The third-order valence-corrected chi connectivity index (χ3v) is 5.39. The van der Waals surface area contributed by atoms with Gasteiger partial charge in [-0.05, 0) is 54.8 Å². The van der Waals surface area contributed by atoms with E-state index in [-0.39, 0.29) is 11.4 Å². The van der Waals surface area contributed by atoms with Gasteiger partial charge in [0.1, 0.15) is 5.82 Å². The van der Waals surface area contributed by atoms with Gasteiger partial charge in [-0.1, -0.05) is 47.5 Å². The van der Waals surface area contributed by atoms with Crippen molar-refractivity contribution in [3.63, 3.8) is 0 Å². The number of nitrogens with one attached hydrogen (secondary N) is 1. The van der Waals surface area contributed by atoms with Crippen molar-refractivity contribution in [2.45, 2.75) is 18.4 Å². The van der Waals surface area contributed by atoms with E-state index in [0.717, 1.165) is 29.7 Å². The quantitative estimate of drug-likeness (QED) is 0.646. The average Bonchev–Trinajstić information content (AvgIpc) is 3.45. The SMILES string of the molecule is Nc1nc(-c2ccc(C3(NC(=O)c4ccc(Cl)cc4)CC3)cc2)ccc1Cl. The minimum Gasteiger partial charge on any atom is -0.382 e. The van der Waals surface area contributed by atoms with Gasteiger partial charge in [0.2, 0.25) is 0 Å². The van der Waals surface area contributed by atoms with E-state index in [4.69, 9.17) is 28.9 Å². The van der Waals surface area contributed by atoms with Gasteiger partial charge in [0.05, 0.1) is 16.3 Å². The summed E-state index contributed by atoms with van der Waals surface area (Å²) in [7, 11) is 0. The van der Waals surface area contributed by atoms with Crippen LogP contribution in [-0.2, 0) is 5.54 Å². The molecule has 0 saturated heterocycles. The summed E-state index contributed by atoms with van der Waals surface area (Å²) in [6, 6.07) is 18.5. The molecule has 3 aromatic rings. The Morgan fingerprint density at radius 3 is 2.22 bits per heavy atom. The summed E-state index contributed by atoms with van der Waals surface area (Å²) in [5.41, 5.74) is 8.87. The van der Waals surface area contributed by atoms with E-state index in [2.05, 4.69) is 10.3 Å². The van der Waals surface area contributed by atoms with Gasteiger partial charge in [0.15, 0.2) is 0 Å². The topological polar surface area (TPSA) is 68.0 Å². The maximum Gasteiger partial charge on any atom is 0.251 e. The third kappa shape index (κ3) is 3.64. The number of nitrogens with zero attached hydrogens (tertiary/aromatic N) is 1. The van der Waals surface area contributed by atoms with E-state index in [1.54, 1.807) is 30.3 Å². The Hall–Kier alpha value is -2.56. The van der Waals surface area contributed by atoms with E-state index in [9.17, 15) is 4.79 Å². The second kappa shape index (κ2) is 6.87. The van der Waals surface area contributed by atoms with E-state index >= 15 is 0 Å². The molecule has 0 radical (unpaired) electrons. The molecule has 0 atom stereocenters. The van der Waals surface area contributed by atoms with Gasteiger partial charge in [-0.25, -0.2) is 4.98 Å². The van der Waals surface area contributed by atoms with Crippen molar-refractivity contribution in [1.82, 2.24) is 10.3 Å². The first-order valence-corrected chi connectivity index (χ1v) is 9.33. The standard InChI is InChI=1S/C21H17Cl2N3O/c22-16-7-3-14(4-8-16)20(27)26-21(11-12-21)15-5-1-13(2-6-15)18-10-9-17(23)19(24)25-18/h1-10H,11-12H2,(H2,24,25)(H,26,27). The highest BCUT2D eigenvalue weighted by molar-refractivity contribution is 6.32. The van der Waals surface area contributed by atoms with Crippen LogP contribution < -0.4 is 11.1 Å². The molecule has 27 heavy (non-hydrogen) atoms. The fourth-order valence-electron chi connectivity index (χ4n) is 3.08. The Morgan fingerprint density at radius 1 is 0.963 bits per heavy atom. The second-order valence-electron chi connectivity index (χ2n) is 6.68. The highest BCUT2D eigenvalue weighted by Crippen LogP contribution is 2.46. The number of pyridine rings is 1. The van der Waals surface area contributed by atoms with Crippen LogP contribution in [0, 0.1) is 0 Å². The fourth-order valence-corrected chi connectivity index (χ4v) is 3.31. The molecule has 2 aromatic carbocycles. The molecular weight excluding hydrogens is 381 g/mol. The van der Waals surface area contributed by atoms with E-state index < -0.39 is 0 Å². The molecule has 1 aliphatic rings. The van der Waals surface area contributed by atoms with Crippen molar-refractivity contribution in [2.75, 3.05) is 5.73 Å². The zero-order chi connectivity index (χ0) is 19.0. The molecule has 0 bridgehead atoms. The van der Waals surface area contributed by atoms with Crippen LogP contribution >= 0.6 is 23.2 Å². The van der Waals surface area contributed by atoms with Crippen molar-refractivity contribution in [3.05, 3.63) is 81.8 Å². The van der Waals surface area contributed by atoms with Crippen molar-refractivity contribution in [1.29, 1.82) is 0 Å². The zero-order valence-corrected chi connectivity index (χ0v) is 15.9. The number of nitrogens with two attached hydrogens (primary N) is 1. The first-order chi connectivity index (χ1) is 13.0. The first kappa shape index (κ1) is 17.8. The molecule has 1 amide bonds. The number of aromatic nitrogens is 1. The monoisotopic (exact) mass is 397 g/mol. The third-order valence-electron chi connectivity index (χ3n) is 4.82. The predicted octanol–water partition coefficient (Wildman–Crippen LogP) is 5.06. The van der Waals surface area contributed by atoms with Crippen LogP contribution in [0.3, 0.4) is 0 Å². The summed E-state index contributed by atoms with van der Waals surface area (Å²) in [5.74, 6) is 0.215. The number of carbonyl (C=O) groups excluding carboxylic acids is 1. The molecule has 136 valence electrons. The molecule has 1 saturated carbocycles. The van der Waals surface area contributed by atoms with E-state index in [1.165, 1.54) is 0 Å². The summed E-state index contributed by atoms with van der Waals surface area (Å²) < 4.78 is 0. The summed E-state index contributed by atoms with van der Waals surface area (Å²) in [5, 5.41) is 4.21. The number of halogens is 2. The Balaban J connectivity index is 1.53. The molecule has 3 N–H and O–H groups in total. The zero-order valence-electron chi connectivity index (χ0n) is 14.4. The molecule has 6 heteroatoms. The lowest BCUT2D eigenvalue weighted by Crippen LogP contribution is -2.34.